The molecule has 0 unspecified atom stereocenters. The van der Waals surface area contributed by atoms with Gasteiger partial charge in [0.25, 0.3) is 0 Å². The van der Waals surface area contributed by atoms with Gasteiger partial charge in [-0.25, -0.2) is 9.59 Å². The molecule has 4 aliphatic carbocycles. The molecule has 0 bridgehead atoms. The van der Waals surface area contributed by atoms with Gasteiger partial charge in [0, 0.05) is 11.8 Å². The number of rotatable bonds is 4. The Kier molecular flexibility index (Phi) is 6.29. The molecule has 0 aromatic carbocycles. The molecule has 0 aromatic heterocycles. The lowest BCUT2D eigenvalue weighted by atomic mass is 9.45. The Morgan fingerprint density at radius 3 is 2.44 bits per heavy atom. The Balaban J connectivity index is 1.70. The lowest BCUT2D eigenvalue weighted by Crippen LogP contribution is -2.63. The van der Waals surface area contributed by atoms with Crippen LogP contribution in [0.2, 0.25) is 0 Å². The molecule has 3 saturated carbocycles. The van der Waals surface area contributed by atoms with E-state index in [1.54, 1.807) is 6.08 Å². The topological polar surface area (TPSA) is 125 Å². The molecule has 0 radical (unpaired) electrons. The van der Waals surface area contributed by atoms with Gasteiger partial charge in [0.2, 0.25) is 5.78 Å². The number of carbonyl (C=O) groups is 4. The molecule has 34 heavy (non-hydrogen) atoms. The molecule has 3 fully saturated rings. The van der Waals surface area contributed by atoms with E-state index in [0.29, 0.717) is 19.3 Å². The van der Waals surface area contributed by atoms with Crippen LogP contribution < -0.4 is 0 Å². The SMILES string of the molecule is COC(=O)OCC(=O)[C@@]1(OC(=O)OC)CC[C@H]2[C@@H]3CCC4=CC(=O)CC[C@]4(C)[C@H]3[C@@H](O)C[C@@]21C. The summed E-state index contributed by atoms with van der Waals surface area (Å²) in [5.41, 5.74) is -1.63. The van der Waals surface area contributed by atoms with E-state index < -0.39 is 41.8 Å². The van der Waals surface area contributed by atoms with Gasteiger partial charge in [-0.05, 0) is 67.8 Å². The molecule has 4 rings (SSSR count). The number of carbonyl (C=O) groups excluding carboxylic acids is 4. The van der Waals surface area contributed by atoms with E-state index in [-0.39, 0.29) is 41.8 Å². The number of Topliss-reactive ketones (excluding diaryl/α,β-unsaturated/α-hetero) is 1. The summed E-state index contributed by atoms with van der Waals surface area (Å²) in [5, 5.41) is 11.5. The Bertz CT molecular complexity index is 925. The monoisotopic (exact) mass is 478 g/mol. The van der Waals surface area contributed by atoms with Crippen molar-refractivity contribution in [2.45, 2.75) is 70.5 Å². The van der Waals surface area contributed by atoms with Gasteiger partial charge in [0.1, 0.15) is 0 Å². The van der Waals surface area contributed by atoms with Gasteiger partial charge in [0.15, 0.2) is 18.0 Å². The zero-order valence-electron chi connectivity index (χ0n) is 20.3. The fraction of sp³-hybridized carbons (Fsp3) is 0.760. The number of ketones is 2. The number of hydrogen-bond acceptors (Lipinski definition) is 9. The van der Waals surface area contributed by atoms with E-state index in [1.165, 1.54) is 7.11 Å². The summed E-state index contributed by atoms with van der Waals surface area (Å²) in [6, 6.07) is 0. The number of aliphatic hydroxyl groups is 1. The summed E-state index contributed by atoms with van der Waals surface area (Å²) in [6.45, 7) is 3.43. The smallest absolute Gasteiger partial charge is 0.438 e. The van der Waals surface area contributed by atoms with Crippen LogP contribution in [0.3, 0.4) is 0 Å². The van der Waals surface area contributed by atoms with Gasteiger partial charge in [-0.1, -0.05) is 19.4 Å². The summed E-state index contributed by atoms with van der Waals surface area (Å²) >= 11 is 0. The first kappa shape index (κ1) is 24.7. The number of ether oxygens (including phenoxy) is 4. The Hall–Kier alpha value is -2.42. The van der Waals surface area contributed by atoms with Gasteiger partial charge >= 0.3 is 12.3 Å². The van der Waals surface area contributed by atoms with E-state index in [0.717, 1.165) is 25.5 Å². The number of methoxy groups -OCH3 is 2. The highest BCUT2D eigenvalue weighted by Gasteiger charge is 2.70. The first-order chi connectivity index (χ1) is 16.0. The van der Waals surface area contributed by atoms with Gasteiger partial charge in [-0.15, -0.1) is 0 Å². The highest BCUT2D eigenvalue weighted by molar-refractivity contribution is 5.93. The molecule has 4 aliphatic rings. The second kappa shape index (κ2) is 8.66. The first-order valence-electron chi connectivity index (χ1n) is 12.0. The zero-order valence-corrected chi connectivity index (χ0v) is 20.3. The van der Waals surface area contributed by atoms with Crippen molar-refractivity contribution in [1.29, 1.82) is 0 Å². The maximum atomic E-state index is 13.5. The lowest BCUT2D eigenvalue weighted by Gasteiger charge is -2.60. The van der Waals surface area contributed by atoms with Crippen molar-refractivity contribution in [2.75, 3.05) is 20.8 Å². The van der Waals surface area contributed by atoms with Crippen LogP contribution in [0, 0.1) is 28.6 Å². The molecule has 0 spiro atoms. The third-order valence-electron chi connectivity index (χ3n) is 9.38. The normalized spacial score (nSPS) is 40.7. The second-order valence-electron chi connectivity index (χ2n) is 10.7. The average molecular weight is 479 g/mol. The first-order valence-corrected chi connectivity index (χ1v) is 12.0. The van der Waals surface area contributed by atoms with Crippen LogP contribution in [0.15, 0.2) is 11.6 Å². The molecule has 0 aliphatic heterocycles. The minimum atomic E-state index is -1.59. The number of fused-ring (bicyclic) bond motifs is 5. The van der Waals surface area contributed by atoms with Crippen LogP contribution in [0.5, 0.6) is 0 Å². The summed E-state index contributed by atoms with van der Waals surface area (Å²) < 4.78 is 19.8. The van der Waals surface area contributed by atoms with Crippen LogP contribution in [-0.4, -0.2) is 61.5 Å². The van der Waals surface area contributed by atoms with Crippen LogP contribution in [-0.2, 0) is 28.5 Å². The van der Waals surface area contributed by atoms with Crippen molar-refractivity contribution in [3.63, 3.8) is 0 Å². The standard InChI is InChI=1S/C25H34O9/c1-23-9-7-15(26)11-14(23)5-6-16-17-8-10-25(34-22(30)32-4,19(28)13-33-21(29)31-3)24(17,2)12-18(27)20(16)23/h11,16-18,20,27H,5-10,12-13H2,1-4H3/t16-,17-,18-,20+,23-,24-,25-/m0/s1. The molecule has 9 heteroatoms. The van der Waals surface area contributed by atoms with E-state index in [2.05, 4.69) is 11.7 Å². The lowest BCUT2D eigenvalue weighted by molar-refractivity contribution is -0.186. The van der Waals surface area contributed by atoms with Crippen LogP contribution >= 0.6 is 0 Å². The molecule has 0 amide bonds. The van der Waals surface area contributed by atoms with Crippen LogP contribution in [0.4, 0.5) is 9.59 Å². The molecule has 0 aromatic rings. The predicted octanol–water partition coefficient (Wildman–Crippen LogP) is 3.36. The largest absolute Gasteiger partial charge is 0.509 e. The average Bonchev–Trinajstić information content (AvgIpc) is 3.09. The molecule has 7 atom stereocenters. The molecule has 1 N–H and O–H groups in total. The maximum Gasteiger partial charge on any atom is 0.509 e. The van der Waals surface area contributed by atoms with Gasteiger partial charge in [-0.3, -0.25) is 9.59 Å². The van der Waals surface area contributed by atoms with E-state index >= 15 is 0 Å². The maximum absolute atomic E-state index is 13.5. The molecular formula is C25H34O9. The summed E-state index contributed by atoms with van der Waals surface area (Å²) in [7, 11) is 2.31. The number of hydrogen-bond donors (Lipinski definition) is 1. The fourth-order valence-electron chi connectivity index (χ4n) is 7.84. The summed E-state index contributed by atoms with van der Waals surface area (Å²) in [6.07, 6.45) is 2.88. The molecule has 0 heterocycles. The Morgan fingerprint density at radius 1 is 1.06 bits per heavy atom. The quantitative estimate of drug-likeness (QED) is 0.605. The predicted molar refractivity (Wildman–Crippen MR) is 118 cm³/mol. The highest BCUT2D eigenvalue weighted by atomic mass is 16.7. The highest BCUT2D eigenvalue weighted by Crippen LogP contribution is 2.68. The summed E-state index contributed by atoms with van der Waals surface area (Å²) in [5.74, 6) is -0.354. The fourth-order valence-corrected chi connectivity index (χ4v) is 7.84. The number of aliphatic hydroxyl groups excluding tert-OH is 1. The third-order valence-corrected chi connectivity index (χ3v) is 9.38. The minimum absolute atomic E-state index is 0.00337. The van der Waals surface area contributed by atoms with Crippen LogP contribution in [0.1, 0.15) is 58.8 Å². The van der Waals surface area contributed by atoms with Gasteiger partial charge in [-0.2, -0.15) is 0 Å². The van der Waals surface area contributed by atoms with Gasteiger partial charge in [0.05, 0.1) is 20.3 Å². The van der Waals surface area contributed by atoms with Crippen molar-refractivity contribution in [3.05, 3.63) is 11.6 Å². The second-order valence-corrected chi connectivity index (χ2v) is 10.7. The van der Waals surface area contributed by atoms with Crippen molar-refractivity contribution in [3.8, 4) is 0 Å². The van der Waals surface area contributed by atoms with Crippen molar-refractivity contribution < 1.29 is 43.2 Å². The van der Waals surface area contributed by atoms with Crippen LogP contribution in [0.25, 0.3) is 0 Å². The molecule has 188 valence electrons. The third kappa shape index (κ3) is 3.54. The van der Waals surface area contributed by atoms with E-state index in [4.69, 9.17) is 14.2 Å². The molecular weight excluding hydrogens is 444 g/mol. The Labute approximate surface area is 199 Å². The van der Waals surface area contributed by atoms with E-state index in [9.17, 15) is 24.3 Å². The minimum Gasteiger partial charge on any atom is -0.438 e. The van der Waals surface area contributed by atoms with E-state index in [1.807, 2.05) is 6.92 Å². The summed E-state index contributed by atoms with van der Waals surface area (Å²) in [4.78, 5) is 49.4. The molecule has 9 nitrogen and oxygen atoms in total. The van der Waals surface area contributed by atoms with Gasteiger partial charge < -0.3 is 24.1 Å². The van der Waals surface area contributed by atoms with Crippen molar-refractivity contribution in [2.24, 2.45) is 28.6 Å². The number of allylic oxidation sites excluding steroid dienone is 1. The zero-order chi connectivity index (χ0) is 24.9. The van der Waals surface area contributed by atoms with Crippen molar-refractivity contribution in [1.82, 2.24) is 0 Å². The molecule has 0 saturated heterocycles. The Morgan fingerprint density at radius 2 is 1.76 bits per heavy atom. The van der Waals surface area contributed by atoms with Crippen molar-refractivity contribution >= 4 is 23.9 Å².